The van der Waals surface area contributed by atoms with Gasteiger partial charge in [-0.15, -0.1) is 0 Å². The van der Waals surface area contributed by atoms with E-state index in [1.165, 1.54) is 0 Å². The molecule has 4 rings (SSSR count). The zero-order valence-corrected chi connectivity index (χ0v) is 27.0. The van der Waals surface area contributed by atoms with E-state index in [0.29, 0.717) is 75.5 Å². The molecule has 3 aromatic carbocycles. The summed E-state index contributed by atoms with van der Waals surface area (Å²) in [5.74, 6) is 0.449. The maximum Gasteiger partial charge on any atom is 0.259 e. The molecule has 1 heterocycles. The molecule has 0 saturated carbocycles. The molecule has 0 fully saturated rings. The third kappa shape index (κ3) is 12.5. The van der Waals surface area contributed by atoms with Crippen molar-refractivity contribution in [3.63, 3.8) is 0 Å². The fourth-order valence-corrected chi connectivity index (χ4v) is 4.14. The Morgan fingerprint density at radius 2 is 1.27 bits per heavy atom. The van der Waals surface area contributed by atoms with E-state index in [1.54, 1.807) is 10.9 Å². The van der Waals surface area contributed by atoms with Crippen molar-refractivity contribution in [3.05, 3.63) is 96.2 Å². The van der Waals surface area contributed by atoms with E-state index < -0.39 is 0 Å². The van der Waals surface area contributed by atoms with Crippen LogP contribution >= 0.6 is 0 Å². The molecule has 1 aromatic heterocycles. The molecule has 242 valence electrons. The van der Waals surface area contributed by atoms with Gasteiger partial charge >= 0.3 is 0 Å². The molecule has 0 radical (unpaired) electrons. The van der Waals surface area contributed by atoms with Gasteiger partial charge in [-0.2, -0.15) is 5.10 Å². The van der Waals surface area contributed by atoms with Crippen molar-refractivity contribution in [1.82, 2.24) is 9.78 Å². The molecule has 0 bridgehead atoms. The second-order valence-electron chi connectivity index (χ2n) is 9.81. The molecule has 0 aliphatic rings. The second-order valence-corrected chi connectivity index (χ2v) is 9.81. The zero-order chi connectivity index (χ0) is 32.1. The van der Waals surface area contributed by atoms with Gasteiger partial charge in [0, 0.05) is 24.1 Å². The summed E-state index contributed by atoms with van der Waals surface area (Å²) in [5.41, 5.74) is 4.65. The Hall–Kier alpha value is -4.02. The number of ether oxygens (including phenoxy) is 5. The maximum atomic E-state index is 13.4. The summed E-state index contributed by atoms with van der Waals surface area (Å²) in [4.78, 5) is 13.4. The van der Waals surface area contributed by atoms with E-state index >= 15 is 0 Å². The van der Waals surface area contributed by atoms with Gasteiger partial charge in [-0.25, -0.2) is 4.68 Å². The largest absolute Gasteiger partial charge is 0.491 e. The van der Waals surface area contributed by atoms with Gasteiger partial charge in [-0.1, -0.05) is 68.8 Å². The first-order valence-electron chi connectivity index (χ1n) is 15.7. The van der Waals surface area contributed by atoms with Gasteiger partial charge in [0.1, 0.15) is 18.1 Å². The Labute approximate surface area is 267 Å². The fourth-order valence-electron chi connectivity index (χ4n) is 4.14. The molecule has 4 aromatic rings. The molecule has 45 heavy (non-hydrogen) atoms. The van der Waals surface area contributed by atoms with Crippen LogP contribution in [-0.4, -0.2) is 75.1 Å². The van der Waals surface area contributed by atoms with E-state index in [1.807, 2.05) is 99.6 Å². The maximum absolute atomic E-state index is 13.4. The lowest BCUT2D eigenvalue weighted by Gasteiger charge is -2.10. The number of amides is 1. The van der Waals surface area contributed by atoms with Crippen molar-refractivity contribution in [1.29, 1.82) is 0 Å². The standard InChI is InChI=1S/C34H41N3O6.C2H6/c1-3-17-39-18-19-40-20-21-41-22-23-42-24-25-43-31-15-13-29(14-16-31)35-34(38)32-26-37(30-7-5-4-6-8-30)36-33(32)28-11-9-27(2)10-12-28;1-2/h4-16,26H,3,17-25H2,1-2H3,(H,35,38);1-2H3. The summed E-state index contributed by atoms with van der Waals surface area (Å²) < 4.78 is 29.3. The molecule has 0 spiro atoms. The predicted molar refractivity (Wildman–Crippen MR) is 179 cm³/mol. The van der Waals surface area contributed by atoms with E-state index in [9.17, 15) is 4.79 Å². The first-order chi connectivity index (χ1) is 22.1. The highest BCUT2D eigenvalue weighted by molar-refractivity contribution is 6.08. The normalized spacial score (nSPS) is 10.7. The highest BCUT2D eigenvalue weighted by Gasteiger charge is 2.19. The third-order valence-corrected chi connectivity index (χ3v) is 6.38. The van der Waals surface area contributed by atoms with Crippen molar-refractivity contribution in [3.8, 4) is 22.7 Å². The van der Waals surface area contributed by atoms with Gasteiger partial charge in [0.05, 0.1) is 57.5 Å². The number of nitrogens with zero attached hydrogens (tertiary/aromatic N) is 2. The Balaban J connectivity index is 0.00000271. The van der Waals surface area contributed by atoms with Crippen LogP contribution in [0.1, 0.15) is 43.1 Å². The van der Waals surface area contributed by atoms with Crippen molar-refractivity contribution in [2.45, 2.75) is 34.1 Å². The Morgan fingerprint density at radius 3 is 1.84 bits per heavy atom. The number of carbonyl (C=O) groups excluding carboxylic acids is 1. The molecule has 0 aliphatic carbocycles. The first-order valence-corrected chi connectivity index (χ1v) is 15.7. The number of rotatable bonds is 19. The lowest BCUT2D eigenvalue weighted by atomic mass is 10.1. The number of benzene rings is 3. The molecule has 0 saturated heterocycles. The van der Waals surface area contributed by atoms with Crippen LogP contribution in [0.3, 0.4) is 0 Å². The fraction of sp³-hybridized carbons (Fsp3) is 0.389. The van der Waals surface area contributed by atoms with Gasteiger partial charge in [0.25, 0.3) is 5.91 Å². The molecule has 9 heteroatoms. The van der Waals surface area contributed by atoms with Crippen LogP contribution in [-0.2, 0) is 18.9 Å². The quantitative estimate of drug-likeness (QED) is 0.114. The Kier molecular flexibility index (Phi) is 16.4. The summed E-state index contributed by atoms with van der Waals surface area (Å²) >= 11 is 0. The van der Waals surface area contributed by atoms with Crippen molar-refractivity contribution < 1.29 is 28.5 Å². The van der Waals surface area contributed by atoms with Crippen LogP contribution in [0.4, 0.5) is 5.69 Å². The van der Waals surface area contributed by atoms with Gasteiger partial charge in [0.2, 0.25) is 0 Å². The van der Waals surface area contributed by atoms with Crippen molar-refractivity contribution in [2.75, 3.05) is 64.8 Å². The summed E-state index contributed by atoms with van der Waals surface area (Å²) in [7, 11) is 0. The lowest BCUT2D eigenvalue weighted by molar-refractivity contribution is -0.00450. The molecular weight excluding hydrogens is 570 g/mol. The van der Waals surface area contributed by atoms with Crippen LogP contribution in [0, 0.1) is 6.92 Å². The van der Waals surface area contributed by atoms with Gasteiger partial charge < -0.3 is 29.0 Å². The van der Waals surface area contributed by atoms with Gasteiger partial charge in [-0.05, 0) is 49.7 Å². The van der Waals surface area contributed by atoms with Crippen LogP contribution in [0.5, 0.6) is 5.75 Å². The highest BCUT2D eigenvalue weighted by atomic mass is 16.6. The van der Waals surface area contributed by atoms with E-state index in [0.717, 1.165) is 29.8 Å². The van der Waals surface area contributed by atoms with Gasteiger partial charge in [0.15, 0.2) is 0 Å². The van der Waals surface area contributed by atoms with Gasteiger partial charge in [-0.3, -0.25) is 4.79 Å². The summed E-state index contributed by atoms with van der Waals surface area (Å²) in [6.45, 7) is 13.0. The van der Waals surface area contributed by atoms with Crippen LogP contribution in [0.15, 0.2) is 85.1 Å². The molecule has 0 aliphatic heterocycles. The number of carbonyl (C=O) groups is 1. The summed E-state index contributed by atoms with van der Waals surface area (Å²) in [6.07, 6.45) is 2.78. The van der Waals surface area contributed by atoms with Crippen molar-refractivity contribution >= 4 is 11.6 Å². The average Bonchev–Trinajstić information content (AvgIpc) is 3.53. The molecule has 1 N–H and O–H groups in total. The number of para-hydroxylation sites is 1. The average molecular weight is 618 g/mol. The number of anilines is 1. The monoisotopic (exact) mass is 617 g/mol. The Bertz CT molecular complexity index is 1360. The SMILES string of the molecule is CC.CCCOCCOCCOCCOCCOc1ccc(NC(=O)c2cn(-c3ccccc3)nc2-c2ccc(C)cc2)cc1. The van der Waals surface area contributed by atoms with Crippen LogP contribution < -0.4 is 10.1 Å². The van der Waals surface area contributed by atoms with E-state index in [4.69, 9.17) is 28.8 Å². The van der Waals surface area contributed by atoms with E-state index in [-0.39, 0.29) is 5.91 Å². The van der Waals surface area contributed by atoms with Crippen LogP contribution in [0.25, 0.3) is 16.9 Å². The molecule has 0 unspecified atom stereocenters. The predicted octanol–water partition coefficient (Wildman–Crippen LogP) is 6.98. The third-order valence-electron chi connectivity index (χ3n) is 6.38. The highest BCUT2D eigenvalue weighted by Crippen LogP contribution is 2.26. The summed E-state index contributed by atoms with van der Waals surface area (Å²) in [5, 5.41) is 7.74. The minimum absolute atomic E-state index is 0.241. The second kappa shape index (κ2) is 20.8. The van der Waals surface area contributed by atoms with Crippen LogP contribution in [0.2, 0.25) is 0 Å². The number of nitrogens with one attached hydrogen (secondary N) is 1. The van der Waals surface area contributed by atoms with Crippen molar-refractivity contribution in [2.24, 2.45) is 0 Å². The zero-order valence-electron chi connectivity index (χ0n) is 27.0. The number of aryl methyl sites for hydroxylation is 1. The molecule has 1 amide bonds. The Morgan fingerprint density at radius 1 is 0.711 bits per heavy atom. The minimum Gasteiger partial charge on any atom is -0.491 e. The number of hydrogen-bond donors (Lipinski definition) is 1. The lowest BCUT2D eigenvalue weighted by Crippen LogP contribution is -2.14. The smallest absolute Gasteiger partial charge is 0.259 e. The van der Waals surface area contributed by atoms with E-state index in [2.05, 4.69) is 12.2 Å². The molecule has 9 nitrogen and oxygen atoms in total. The molecule has 0 atom stereocenters. The molecular formula is C36H47N3O6. The first kappa shape index (κ1) is 35.5. The number of aromatic nitrogens is 2. The summed E-state index contributed by atoms with van der Waals surface area (Å²) in [6, 6.07) is 25.0. The number of hydrogen-bond acceptors (Lipinski definition) is 7. The topological polar surface area (TPSA) is 93.1 Å². The minimum atomic E-state index is -0.241.